The molecule has 0 aliphatic carbocycles. The van der Waals surface area contributed by atoms with Gasteiger partial charge in [-0.1, -0.05) is 67.6 Å². The zero-order valence-corrected chi connectivity index (χ0v) is 13.9. The fraction of sp³-hybridized carbons (Fsp3) is 0.294. The number of rotatable bonds is 6. The summed E-state index contributed by atoms with van der Waals surface area (Å²) in [5.74, 6) is -1.10. The summed E-state index contributed by atoms with van der Waals surface area (Å²) in [6, 6.07) is 21.7. The molecule has 0 saturated carbocycles. The third-order valence-electron chi connectivity index (χ3n) is 3.24. The average Bonchev–Trinajstić information content (AvgIpc) is 2.41. The molecule has 0 aliphatic rings. The quantitative estimate of drug-likeness (QED) is 0.557. The maximum Gasteiger partial charge on any atom is 0.139 e. The van der Waals surface area contributed by atoms with E-state index in [2.05, 4.69) is 83.1 Å². The predicted octanol–water partition coefficient (Wildman–Crippen LogP) is 6.12. The van der Waals surface area contributed by atoms with E-state index in [1.165, 1.54) is 36.0 Å². The van der Waals surface area contributed by atoms with Crippen molar-refractivity contribution in [1.29, 1.82) is 0 Å². The van der Waals surface area contributed by atoms with Crippen LogP contribution in [0.25, 0.3) is 0 Å². The van der Waals surface area contributed by atoms with Crippen molar-refractivity contribution in [2.24, 2.45) is 0 Å². The summed E-state index contributed by atoms with van der Waals surface area (Å²) < 4.78 is 0. The molecule has 0 unspecified atom stereocenters. The van der Waals surface area contributed by atoms with Crippen molar-refractivity contribution in [2.75, 3.05) is 6.16 Å². The van der Waals surface area contributed by atoms with Gasteiger partial charge >= 0.3 is 0 Å². The Balaban J connectivity index is 2.13. The van der Waals surface area contributed by atoms with Gasteiger partial charge in [0.1, 0.15) is 15.5 Å². The molecule has 2 aromatic carbocycles. The van der Waals surface area contributed by atoms with Crippen LogP contribution in [-0.2, 0) is 12.3 Å². The van der Waals surface area contributed by atoms with Crippen LogP contribution in [0.3, 0.4) is 0 Å². The Morgan fingerprint density at radius 3 is 1.58 bits per heavy atom. The topological polar surface area (TPSA) is 0 Å². The van der Waals surface area contributed by atoms with Crippen LogP contribution in [0.15, 0.2) is 60.7 Å². The molecule has 0 fully saturated rings. The number of hydrogen-bond acceptors (Lipinski definition) is 0. The van der Waals surface area contributed by atoms with Gasteiger partial charge in [0.15, 0.2) is 0 Å². The Kier molecular flexibility index (Phi) is 5.60. The van der Waals surface area contributed by atoms with E-state index in [0.717, 1.165) is 0 Å². The van der Waals surface area contributed by atoms with Gasteiger partial charge in [0.05, 0.1) is 24.5 Å². The first kappa shape index (κ1) is 14.8. The summed E-state index contributed by atoms with van der Waals surface area (Å²) in [4.78, 5) is 0. The van der Waals surface area contributed by atoms with Crippen molar-refractivity contribution >= 4 is 21.5 Å². The van der Waals surface area contributed by atoms with Crippen LogP contribution in [0.2, 0.25) is 0 Å². The zero-order chi connectivity index (χ0) is 13.6. The molecule has 0 bridgehead atoms. The van der Waals surface area contributed by atoms with Crippen molar-refractivity contribution in [1.82, 2.24) is 0 Å². The van der Waals surface area contributed by atoms with Crippen LogP contribution in [0.1, 0.15) is 24.5 Å². The minimum atomic E-state index is -1.10. The lowest BCUT2D eigenvalue weighted by molar-refractivity contribution is 1.08. The van der Waals surface area contributed by atoms with Gasteiger partial charge in [-0.25, -0.2) is 0 Å². The summed E-state index contributed by atoms with van der Waals surface area (Å²) in [6.45, 7) is 2.28. The molecular weight excluding hydrogens is 315 g/mol. The molecule has 0 saturated heterocycles. The standard InChI is InChI=1S/C17H21BrP/c1-2-13-19(18,14-16-9-5-3-6-10-16)15-17-11-7-4-8-12-17/h3-12H,2,13-15H2,1H3/q+1. The van der Waals surface area contributed by atoms with Gasteiger partial charge in [0.2, 0.25) is 0 Å². The van der Waals surface area contributed by atoms with Crippen LogP contribution in [0.4, 0.5) is 0 Å². The van der Waals surface area contributed by atoms with E-state index in [0.29, 0.717) is 0 Å². The molecule has 0 radical (unpaired) electrons. The van der Waals surface area contributed by atoms with Gasteiger partial charge in [-0.3, -0.25) is 0 Å². The number of benzene rings is 2. The second kappa shape index (κ2) is 7.22. The zero-order valence-electron chi connectivity index (χ0n) is 11.4. The predicted molar refractivity (Wildman–Crippen MR) is 91.3 cm³/mol. The molecule has 0 spiro atoms. The fourth-order valence-corrected chi connectivity index (χ4v) is 8.20. The van der Waals surface area contributed by atoms with Gasteiger partial charge in [0, 0.05) is 0 Å². The van der Waals surface area contributed by atoms with E-state index >= 15 is 0 Å². The van der Waals surface area contributed by atoms with Crippen molar-refractivity contribution in [3.63, 3.8) is 0 Å². The van der Waals surface area contributed by atoms with Crippen molar-refractivity contribution < 1.29 is 0 Å². The van der Waals surface area contributed by atoms with E-state index < -0.39 is 5.96 Å². The molecule has 0 nitrogen and oxygen atoms in total. The maximum absolute atomic E-state index is 4.13. The molecule has 0 N–H and O–H groups in total. The Hall–Kier alpha value is -0.650. The van der Waals surface area contributed by atoms with Gasteiger partial charge in [-0.05, 0) is 17.5 Å². The first-order valence-electron chi connectivity index (χ1n) is 6.85. The van der Waals surface area contributed by atoms with Crippen LogP contribution in [0.5, 0.6) is 0 Å². The first-order chi connectivity index (χ1) is 9.22. The second-order valence-electron chi connectivity index (χ2n) is 5.04. The smallest absolute Gasteiger partial charge is 0.0622 e. The van der Waals surface area contributed by atoms with Crippen molar-refractivity contribution in [2.45, 2.75) is 25.7 Å². The fourth-order valence-electron chi connectivity index (χ4n) is 2.44. The Bertz CT molecular complexity index is 440. The molecule has 0 amide bonds. The highest BCUT2D eigenvalue weighted by Gasteiger charge is 2.34. The molecule has 2 rings (SSSR count). The second-order valence-corrected chi connectivity index (χ2v) is 12.7. The lowest BCUT2D eigenvalue weighted by Gasteiger charge is -2.20. The van der Waals surface area contributed by atoms with Gasteiger partial charge in [-0.2, -0.15) is 0 Å². The van der Waals surface area contributed by atoms with E-state index in [1.807, 2.05) is 0 Å². The van der Waals surface area contributed by atoms with E-state index in [1.54, 1.807) is 0 Å². The third-order valence-corrected chi connectivity index (χ3v) is 8.92. The molecule has 2 aromatic rings. The van der Waals surface area contributed by atoms with Crippen LogP contribution in [-0.4, -0.2) is 6.16 Å². The largest absolute Gasteiger partial charge is 0.139 e. The molecular formula is C17H21BrP+. The molecule has 0 atom stereocenters. The van der Waals surface area contributed by atoms with Crippen molar-refractivity contribution in [3.05, 3.63) is 71.8 Å². The Morgan fingerprint density at radius 2 is 1.21 bits per heavy atom. The summed E-state index contributed by atoms with van der Waals surface area (Å²) >= 11 is 4.13. The highest BCUT2D eigenvalue weighted by Crippen LogP contribution is 2.71. The highest BCUT2D eigenvalue weighted by molar-refractivity contribution is 9.42. The Labute approximate surface area is 125 Å². The molecule has 100 valence electrons. The van der Waals surface area contributed by atoms with Gasteiger partial charge in [-0.15, -0.1) is 0 Å². The molecule has 2 heteroatoms. The summed E-state index contributed by atoms with van der Waals surface area (Å²) in [6.07, 6.45) is 4.93. The SMILES string of the molecule is CCC[P+](Br)(Cc1ccccc1)Cc1ccccc1. The number of hydrogen-bond donors (Lipinski definition) is 0. The lowest BCUT2D eigenvalue weighted by atomic mass is 10.2. The summed E-state index contributed by atoms with van der Waals surface area (Å²) in [5, 5.41) is 0. The van der Waals surface area contributed by atoms with E-state index in [4.69, 9.17) is 0 Å². The molecule has 19 heavy (non-hydrogen) atoms. The first-order valence-corrected chi connectivity index (χ1v) is 11.2. The van der Waals surface area contributed by atoms with E-state index in [-0.39, 0.29) is 0 Å². The van der Waals surface area contributed by atoms with E-state index in [9.17, 15) is 0 Å². The average molecular weight is 336 g/mol. The summed E-state index contributed by atoms with van der Waals surface area (Å²) in [7, 11) is 0. The summed E-state index contributed by atoms with van der Waals surface area (Å²) in [5.41, 5.74) is 2.91. The number of halogens is 1. The van der Waals surface area contributed by atoms with Crippen LogP contribution in [0, 0.1) is 0 Å². The monoisotopic (exact) mass is 335 g/mol. The molecule has 0 heterocycles. The maximum atomic E-state index is 4.13. The van der Waals surface area contributed by atoms with Crippen LogP contribution < -0.4 is 0 Å². The molecule has 0 aromatic heterocycles. The van der Waals surface area contributed by atoms with Crippen LogP contribution >= 0.6 is 21.5 Å². The van der Waals surface area contributed by atoms with Gasteiger partial charge < -0.3 is 0 Å². The highest BCUT2D eigenvalue weighted by atomic mass is 79.9. The minimum absolute atomic E-state index is 1.10. The Morgan fingerprint density at radius 1 is 0.789 bits per heavy atom. The normalized spacial score (nSPS) is 11.5. The lowest BCUT2D eigenvalue weighted by Crippen LogP contribution is -1.99. The molecule has 0 aliphatic heterocycles. The third kappa shape index (κ3) is 4.75. The minimum Gasteiger partial charge on any atom is -0.0622 e. The van der Waals surface area contributed by atoms with Crippen molar-refractivity contribution in [3.8, 4) is 0 Å². The van der Waals surface area contributed by atoms with Gasteiger partial charge in [0.25, 0.3) is 0 Å².